The van der Waals surface area contributed by atoms with Gasteiger partial charge in [-0.05, 0) is 85.6 Å². The molecule has 6 atom stereocenters. The Hall–Kier alpha value is -2.87. The zero-order chi connectivity index (χ0) is 29.9. The Kier molecular flexibility index (Phi) is 9.31. The topological polar surface area (TPSA) is 72.5 Å². The molecule has 0 saturated heterocycles. The molecule has 2 aromatic carbocycles. The minimum absolute atomic E-state index is 0.0594. The van der Waals surface area contributed by atoms with Crippen molar-refractivity contribution in [2.24, 2.45) is 22.7 Å². The minimum atomic E-state index is -0.712. The molecule has 0 unspecified atom stereocenters. The second-order valence-corrected chi connectivity index (χ2v) is 12.7. The molecule has 0 aromatic heterocycles. The van der Waals surface area contributed by atoms with Crippen LogP contribution in [-0.2, 0) is 25.6 Å². The average molecular weight is 579 g/mol. The Morgan fingerprint density at radius 1 is 0.833 bits per heavy atom. The maximum absolute atomic E-state index is 14.8. The number of methoxy groups -OCH3 is 3. The molecule has 0 N–H and O–H groups in total. The molecule has 3 aliphatic rings. The molecule has 42 heavy (non-hydrogen) atoms. The molecule has 0 amide bonds. The number of ether oxygens (including phenoxy) is 6. The van der Waals surface area contributed by atoms with Gasteiger partial charge in [0, 0.05) is 24.4 Å². The number of hydrogen-bond donors (Lipinski definition) is 0. The predicted octanol–water partition coefficient (Wildman–Crippen LogP) is 6.78. The summed E-state index contributed by atoms with van der Waals surface area (Å²) in [5, 5.41) is 0. The number of carbonyl (C=O) groups excluding carboxylic acids is 1. The van der Waals surface area contributed by atoms with Gasteiger partial charge in [-0.2, -0.15) is 0 Å². The zero-order valence-corrected chi connectivity index (χ0v) is 25.9. The molecular formula is C35H46O7. The maximum atomic E-state index is 14.8. The van der Waals surface area contributed by atoms with Crippen molar-refractivity contribution < 1.29 is 33.2 Å². The van der Waals surface area contributed by atoms with E-state index in [-0.39, 0.29) is 42.0 Å². The number of fused-ring (bicyclic) bond motifs is 3. The summed E-state index contributed by atoms with van der Waals surface area (Å²) in [4.78, 5) is 14.8. The number of Topliss-reactive ketones (excluding diaryl/α,β-unsaturated/α-hetero) is 1. The first kappa shape index (κ1) is 30.6. The lowest BCUT2D eigenvalue weighted by atomic mass is 9.60. The monoisotopic (exact) mass is 578 g/mol. The molecule has 0 aliphatic heterocycles. The molecular weight excluding hydrogens is 532 g/mol. The first-order valence-corrected chi connectivity index (χ1v) is 15.1. The first-order chi connectivity index (χ1) is 20.2. The summed E-state index contributed by atoms with van der Waals surface area (Å²) < 4.78 is 35.9. The van der Waals surface area contributed by atoms with E-state index in [2.05, 4.69) is 26.8 Å². The quantitative estimate of drug-likeness (QED) is 0.227. The van der Waals surface area contributed by atoms with Crippen LogP contribution in [-0.4, -0.2) is 52.2 Å². The van der Waals surface area contributed by atoms with Gasteiger partial charge < -0.3 is 28.4 Å². The summed E-state index contributed by atoms with van der Waals surface area (Å²) in [5.74, 6) is 2.31. The first-order valence-electron chi connectivity index (χ1n) is 15.1. The lowest BCUT2D eigenvalue weighted by Gasteiger charge is -2.48. The van der Waals surface area contributed by atoms with Crippen molar-refractivity contribution >= 4 is 5.78 Å². The molecule has 2 saturated carbocycles. The number of rotatable bonds is 10. The largest absolute Gasteiger partial charge is 0.497 e. The summed E-state index contributed by atoms with van der Waals surface area (Å²) in [6.45, 7) is 7.13. The summed E-state index contributed by atoms with van der Waals surface area (Å²) in [6.07, 6.45) is 5.51. The highest BCUT2D eigenvalue weighted by molar-refractivity contribution is 5.90. The van der Waals surface area contributed by atoms with Gasteiger partial charge in [0.05, 0.1) is 26.9 Å². The van der Waals surface area contributed by atoms with Crippen LogP contribution in [0.4, 0.5) is 0 Å². The van der Waals surface area contributed by atoms with Crippen LogP contribution in [0.5, 0.6) is 17.2 Å². The van der Waals surface area contributed by atoms with E-state index < -0.39 is 11.5 Å². The third-order valence-electron chi connectivity index (χ3n) is 10.0. The van der Waals surface area contributed by atoms with E-state index in [4.69, 9.17) is 28.4 Å². The van der Waals surface area contributed by atoms with Gasteiger partial charge in [-0.25, -0.2) is 0 Å². The van der Waals surface area contributed by atoms with Crippen molar-refractivity contribution in [3.05, 3.63) is 65.7 Å². The van der Waals surface area contributed by atoms with E-state index in [9.17, 15) is 4.79 Å². The molecule has 0 radical (unpaired) electrons. The molecule has 228 valence electrons. The fraction of sp³-hybridized carbons (Fsp3) is 0.571. The molecule has 3 aliphatic carbocycles. The number of ketones is 1. The van der Waals surface area contributed by atoms with Gasteiger partial charge in [-0.15, -0.1) is 0 Å². The van der Waals surface area contributed by atoms with E-state index in [0.29, 0.717) is 6.61 Å². The van der Waals surface area contributed by atoms with Crippen LogP contribution in [0, 0.1) is 22.7 Å². The number of allylic oxidation sites excluding steroid dienone is 1. The summed E-state index contributed by atoms with van der Waals surface area (Å²) in [7, 11) is 4.93. The van der Waals surface area contributed by atoms with E-state index in [1.807, 2.05) is 48.5 Å². The van der Waals surface area contributed by atoms with Gasteiger partial charge in [-0.3, -0.25) is 4.79 Å². The Morgan fingerprint density at radius 2 is 1.48 bits per heavy atom. The van der Waals surface area contributed by atoms with Crippen LogP contribution in [0.15, 0.2) is 60.2 Å². The molecule has 2 aromatic rings. The van der Waals surface area contributed by atoms with Crippen molar-refractivity contribution in [1.82, 2.24) is 0 Å². The van der Waals surface area contributed by atoms with Gasteiger partial charge >= 0.3 is 0 Å². The van der Waals surface area contributed by atoms with Gasteiger partial charge in [0.15, 0.2) is 5.78 Å². The van der Waals surface area contributed by atoms with Gasteiger partial charge in [0.1, 0.15) is 36.2 Å². The van der Waals surface area contributed by atoms with Crippen LogP contribution in [0.25, 0.3) is 0 Å². The predicted molar refractivity (Wildman–Crippen MR) is 161 cm³/mol. The standard InChI is InChI=1S/C35H46O7/c1-34(2)24-11-18-28(34)32(41-22-37-4)33(36)35(3)19-7-8-29(40-21-23-9-12-25(38-5)13-10-23)31(35)30(20-24)42-27-16-14-26(39-6)15-17-27/h9-10,12-17,20,28-32H,7-8,11,18-19,21-22H2,1-6H3/b24-20+/t28-,29-,30-,31-,32-,35-/m1/s1. The van der Waals surface area contributed by atoms with Crippen molar-refractivity contribution in [1.29, 1.82) is 0 Å². The van der Waals surface area contributed by atoms with Crippen LogP contribution < -0.4 is 14.2 Å². The van der Waals surface area contributed by atoms with Crippen molar-refractivity contribution in [3.8, 4) is 17.2 Å². The molecule has 0 spiro atoms. The third kappa shape index (κ3) is 5.97. The lowest BCUT2D eigenvalue weighted by Crippen LogP contribution is -2.56. The zero-order valence-electron chi connectivity index (χ0n) is 25.9. The average Bonchev–Trinajstić information content (AvgIpc) is 3.29. The summed E-state index contributed by atoms with van der Waals surface area (Å²) in [6, 6.07) is 15.6. The molecule has 5 rings (SSSR count). The summed E-state index contributed by atoms with van der Waals surface area (Å²) in [5.41, 5.74) is 1.44. The van der Waals surface area contributed by atoms with Crippen LogP contribution in [0.3, 0.4) is 0 Å². The third-order valence-corrected chi connectivity index (χ3v) is 10.0. The second kappa shape index (κ2) is 12.8. The molecule has 7 nitrogen and oxygen atoms in total. The van der Waals surface area contributed by atoms with Crippen molar-refractivity contribution in [3.63, 3.8) is 0 Å². The fourth-order valence-corrected chi connectivity index (χ4v) is 7.52. The summed E-state index contributed by atoms with van der Waals surface area (Å²) >= 11 is 0. The Balaban J connectivity index is 1.56. The van der Waals surface area contributed by atoms with E-state index >= 15 is 0 Å². The Bertz CT molecular complexity index is 1230. The van der Waals surface area contributed by atoms with Crippen LogP contribution in [0.2, 0.25) is 0 Å². The number of benzene rings is 2. The van der Waals surface area contributed by atoms with Gasteiger partial charge in [-0.1, -0.05) is 38.5 Å². The smallest absolute Gasteiger partial charge is 0.168 e. The molecule has 0 heterocycles. The number of carbonyl (C=O) groups is 1. The van der Waals surface area contributed by atoms with Crippen molar-refractivity contribution in [2.45, 2.75) is 77.8 Å². The normalized spacial score (nSPS) is 31.6. The van der Waals surface area contributed by atoms with Gasteiger partial charge in [0.25, 0.3) is 0 Å². The molecule has 2 fully saturated rings. The highest BCUT2D eigenvalue weighted by Crippen LogP contribution is 2.55. The second-order valence-electron chi connectivity index (χ2n) is 12.7. The van der Waals surface area contributed by atoms with E-state index in [0.717, 1.165) is 54.9 Å². The van der Waals surface area contributed by atoms with Crippen LogP contribution >= 0.6 is 0 Å². The SMILES string of the molecule is COCO[C@H]1C(=O)[C@]2(C)CCC[C@@H](OCc3ccc(OC)cc3)[C@@H]2[C@H](Oc2ccc(OC)cc2)/C=C2\CC[C@H]1C2(C)C. The van der Waals surface area contributed by atoms with Gasteiger partial charge in [0.2, 0.25) is 0 Å². The van der Waals surface area contributed by atoms with Crippen LogP contribution in [0.1, 0.15) is 58.4 Å². The Morgan fingerprint density at radius 3 is 2.12 bits per heavy atom. The minimum Gasteiger partial charge on any atom is -0.497 e. The highest BCUT2D eigenvalue weighted by atomic mass is 16.7. The number of hydrogen-bond acceptors (Lipinski definition) is 7. The van der Waals surface area contributed by atoms with Crippen molar-refractivity contribution in [2.75, 3.05) is 28.1 Å². The van der Waals surface area contributed by atoms with E-state index in [1.54, 1.807) is 21.3 Å². The molecule has 2 bridgehead atoms. The van der Waals surface area contributed by atoms with E-state index in [1.165, 1.54) is 5.57 Å². The lowest BCUT2D eigenvalue weighted by molar-refractivity contribution is -0.172. The highest BCUT2D eigenvalue weighted by Gasteiger charge is 2.58. The Labute approximate surface area is 250 Å². The molecule has 7 heteroatoms. The maximum Gasteiger partial charge on any atom is 0.168 e. The fourth-order valence-electron chi connectivity index (χ4n) is 7.52.